The van der Waals surface area contributed by atoms with Crippen molar-refractivity contribution >= 4 is 11.9 Å². The summed E-state index contributed by atoms with van der Waals surface area (Å²) in [7, 11) is 0. The topological polar surface area (TPSA) is 131 Å². The smallest absolute Gasteiger partial charge is 0.322 e. The molecule has 0 radical (unpaired) electrons. The molecule has 1 fully saturated rings. The monoisotopic (exact) mass is 463 g/mol. The van der Waals surface area contributed by atoms with Crippen molar-refractivity contribution in [2.24, 2.45) is 0 Å². The van der Waals surface area contributed by atoms with Crippen molar-refractivity contribution in [1.82, 2.24) is 14.9 Å². The Labute approximate surface area is 195 Å². The summed E-state index contributed by atoms with van der Waals surface area (Å²) in [4.78, 5) is 41.2. The molecule has 0 atom stereocenters. The van der Waals surface area contributed by atoms with Crippen molar-refractivity contribution < 1.29 is 24.5 Å². The number of benzene rings is 2. The largest absolute Gasteiger partial charge is 0.493 e. The fourth-order valence-electron chi connectivity index (χ4n) is 4.16. The van der Waals surface area contributed by atoms with Crippen LogP contribution in [0, 0.1) is 0 Å². The minimum absolute atomic E-state index is 0.0674. The van der Waals surface area contributed by atoms with Crippen LogP contribution < -0.4 is 15.6 Å². The number of rotatable bonds is 7. The van der Waals surface area contributed by atoms with E-state index < -0.39 is 35.4 Å². The molecule has 0 unspecified atom stereocenters. The van der Waals surface area contributed by atoms with Crippen LogP contribution in [0.4, 0.5) is 0 Å². The van der Waals surface area contributed by atoms with Gasteiger partial charge in [-0.3, -0.25) is 19.0 Å². The molecular weight excluding hydrogens is 438 g/mol. The van der Waals surface area contributed by atoms with Gasteiger partial charge in [0.05, 0.1) is 5.69 Å². The summed E-state index contributed by atoms with van der Waals surface area (Å²) in [5, 5.41) is 21.5. The molecule has 1 saturated carbocycles. The first kappa shape index (κ1) is 23.0. The average molecular weight is 463 g/mol. The van der Waals surface area contributed by atoms with Gasteiger partial charge in [0.2, 0.25) is 5.88 Å². The molecule has 1 aromatic heterocycles. The van der Waals surface area contributed by atoms with Gasteiger partial charge >= 0.3 is 5.97 Å². The highest BCUT2D eigenvalue weighted by molar-refractivity contribution is 5.97. The molecule has 3 aromatic rings. The van der Waals surface area contributed by atoms with E-state index >= 15 is 0 Å². The van der Waals surface area contributed by atoms with Gasteiger partial charge in [0.25, 0.3) is 11.5 Å². The van der Waals surface area contributed by atoms with Crippen LogP contribution in [0.2, 0.25) is 0 Å². The van der Waals surface area contributed by atoms with Crippen LogP contribution in [-0.2, 0) is 4.79 Å². The minimum atomic E-state index is -1.27. The first-order chi connectivity index (χ1) is 16.4. The van der Waals surface area contributed by atoms with E-state index in [2.05, 4.69) is 10.3 Å². The summed E-state index contributed by atoms with van der Waals surface area (Å²) in [6.07, 6.45) is 4.63. The molecule has 0 bridgehead atoms. The molecule has 1 aliphatic carbocycles. The summed E-state index contributed by atoms with van der Waals surface area (Å²) in [5.41, 5.74) is -0.943. The predicted molar refractivity (Wildman–Crippen MR) is 124 cm³/mol. The van der Waals surface area contributed by atoms with E-state index in [-0.39, 0.29) is 5.92 Å². The lowest BCUT2D eigenvalue weighted by molar-refractivity contribution is -0.135. The van der Waals surface area contributed by atoms with Crippen molar-refractivity contribution in [2.45, 2.75) is 38.0 Å². The first-order valence-electron chi connectivity index (χ1n) is 11.1. The number of ether oxygens (including phenoxy) is 1. The number of aromatic hydroxyl groups is 1. The molecule has 9 nitrogen and oxygen atoms in total. The summed E-state index contributed by atoms with van der Waals surface area (Å²) < 4.78 is 7.23. The van der Waals surface area contributed by atoms with E-state index in [0.29, 0.717) is 23.0 Å². The van der Waals surface area contributed by atoms with Gasteiger partial charge in [-0.15, -0.1) is 0 Å². The molecule has 0 aliphatic heterocycles. The number of aromatic nitrogens is 2. The molecule has 34 heavy (non-hydrogen) atoms. The molecule has 176 valence electrons. The maximum Gasteiger partial charge on any atom is 0.322 e. The normalized spacial score (nSPS) is 13.9. The van der Waals surface area contributed by atoms with Crippen molar-refractivity contribution in [2.75, 3.05) is 6.54 Å². The van der Waals surface area contributed by atoms with Crippen LogP contribution in [0.25, 0.3) is 5.69 Å². The second kappa shape index (κ2) is 10.2. The van der Waals surface area contributed by atoms with Gasteiger partial charge in [0.15, 0.2) is 5.56 Å². The zero-order valence-electron chi connectivity index (χ0n) is 18.4. The molecule has 1 amide bonds. The number of aliphatic carboxylic acids is 1. The van der Waals surface area contributed by atoms with E-state index in [4.69, 9.17) is 9.84 Å². The van der Waals surface area contributed by atoms with E-state index in [9.17, 15) is 19.5 Å². The fraction of sp³-hybridized carbons (Fsp3) is 0.280. The highest BCUT2D eigenvalue weighted by Crippen LogP contribution is 2.34. The zero-order valence-corrected chi connectivity index (χ0v) is 18.4. The molecule has 1 heterocycles. The van der Waals surface area contributed by atoms with Gasteiger partial charge in [0, 0.05) is 12.0 Å². The molecular formula is C25H25N3O6. The van der Waals surface area contributed by atoms with Crippen LogP contribution in [0.5, 0.6) is 17.4 Å². The number of carbonyl (C=O) groups excluding carboxylic acids is 1. The Morgan fingerprint density at radius 3 is 2.44 bits per heavy atom. The third-order valence-electron chi connectivity index (χ3n) is 5.74. The summed E-state index contributed by atoms with van der Waals surface area (Å²) in [5.74, 6) is -1.58. The van der Waals surface area contributed by atoms with E-state index in [1.807, 2.05) is 18.2 Å². The lowest BCUT2D eigenvalue weighted by atomic mass is 9.88. The molecule has 3 N–H and O–H groups in total. The first-order valence-corrected chi connectivity index (χ1v) is 11.1. The fourth-order valence-corrected chi connectivity index (χ4v) is 4.16. The number of hydrogen-bond donors (Lipinski definition) is 3. The number of carbonyl (C=O) groups is 2. The second-order valence-corrected chi connectivity index (χ2v) is 8.13. The van der Waals surface area contributed by atoms with Crippen LogP contribution >= 0.6 is 0 Å². The quantitative estimate of drug-likeness (QED) is 0.488. The third kappa shape index (κ3) is 5.09. The maximum atomic E-state index is 13.5. The SMILES string of the molecule is O=C(O)CNC(=O)c1c(O)nc(C2CCCCC2)n(-c2cccc(Oc3ccccc3)c2)c1=O. The Balaban J connectivity index is 1.81. The van der Waals surface area contributed by atoms with Gasteiger partial charge in [-0.1, -0.05) is 43.5 Å². The van der Waals surface area contributed by atoms with E-state index in [1.165, 1.54) is 4.57 Å². The van der Waals surface area contributed by atoms with Gasteiger partial charge < -0.3 is 20.3 Å². The van der Waals surface area contributed by atoms with E-state index in [0.717, 1.165) is 32.1 Å². The number of nitrogens with one attached hydrogen (secondary N) is 1. The highest BCUT2D eigenvalue weighted by Gasteiger charge is 2.28. The van der Waals surface area contributed by atoms with Crippen molar-refractivity contribution in [1.29, 1.82) is 0 Å². The third-order valence-corrected chi connectivity index (χ3v) is 5.74. The maximum absolute atomic E-state index is 13.5. The van der Waals surface area contributed by atoms with Crippen LogP contribution in [0.1, 0.15) is 54.2 Å². The second-order valence-electron chi connectivity index (χ2n) is 8.13. The molecule has 4 rings (SSSR count). The Kier molecular flexibility index (Phi) is 6.91. The van der Waals surface area contributed by atoms with Gasteiger partial charge in [-0.05, 0) is 37.1 Å². The number of nitrogens with zero attached hydrogens (tertiary/aromatic N) is 2. The summed E-state index contributed by atoms with van der Waals surface area (Å²) >= 11 is 0. The Morgan fingerprint density at radius 1 is 1.03 bits per heavy atom. The molecule has 9 heteroatoms. The van der Waals surface area contributed by atoms with Crippen molar-refractivity contribution in [3.8, 4) is 23.1 Å². The number of amides is 1. The van der Waals surface area contributed by atoms with Gasteiger partial charge in [0.1, 0.15) is 23.9 Å². The number of hydrogen-bond acceptors (Lipinski definition) is 6. The van der Waals surface area contributed by atoms with Crippen molar-refractivity contribution in [3.63, 3.8) is 0 Å². The number of para-hydroxylation sites is 1. The summed E-state index contributed by atoms with van der Waals surface area (Å²) in [6, 6.07) is 16.0. The van der Waals surface area contributed by atoms with Gasteiger partial charge in [-0.2, -0.15) is 4.98 Å². The van der Waals surface area contributed by atoms with E-state index in [1.54, 1.807) is 36.4 Å². The Bertz CT molecular complexity index is 1250. The van der Waals surface area contributed by atoms with Crippen LogP contribution in [0.3, 0.4) is 0 Å². The standard InChI is InChI=1S/C25H25N3O6/c29-20(30)15-26-23(31)21-24(32)27-22(16-8-3-1-4-9-16)28(25(21)33)17-10-7-13-19(14-17)34-18-11-5-2-6-12-18/h2,5-7,10-14,16,32H,1,3-4,8-9,15H2,(H,26,31)(H,29,30). The molecule has 2 aromatic carbocycles. The lowest BCUT2D eigenvalue weighted by Crippen LogP contribution is -2.37. The lowest BCUT2D eigenvalue weighted by Gasteiger charge is -2.25. The van der Waals surface area contributed by atoms with Gasteiger partial charge in [-0.25, -0.2) is 0 Å². The Morgan fingerprint density at radius 2 is 1.74 bits per heavy atom. The molecule has 1 aliphatic rings. The number of carboxylic acids is 1. The predicted octanol–water partition coefficient (Wildman–Crippen LogP) is 3.59. The zero-order chi connectivity index (χ0) is 24.1. The average Bonchev–Trinajstić information content (AvgIpc) is 2.84. The minimum Gasteiger partial charge on any atom is -0.493 e. The Hall–Kier alpha value is -4.14. The van der Waals surface area contributed by atoms with Crippen LogP contribution in [0.15, 0.2) is 59.4 Å². The van der Waals surface area contributed by atoms with Crippen molar-refractivity contribution in [3.05, 3.63) is 76.3 Å². The highest BCUT2D eigenvalue weighted by atomic mass is 16.5. The molecule has 0 spiro atoms. The summed E-state index contributed by atoms with van der Waals surface area (Å²) in [6.45, 7) is -0.692. The van der Waals surface area contributed by atoms with Crippen LogP contribution in [-0.4, -0.2) is 38.2 Å². The molecule has 0 saturated heterocycles. The number of carboxylic acid groups (broad SMARTS) is 1.